The van der Waals surface area contributed by atoms with Crippen LogP contribution in [0.15, 0.2) is 24.3 Å². The van der Waals surface area contributed by atoms with Crippen LogP contribution in [0.25, 0.3) is 0 Å². The Morgan fingerprint density at radius 2 is 0.613 bits per heavy atom. The van der Waals surface area contributed by atoms with E-state index in [-0.39, 0.29) is 12.5 Å². The third kappa shape index (κ3) is 61.5. The Morgan fingerprint density at radius 1 is 0.355 bits per heavy atom. The molecule has 0 bridgehead atoms. The fourth-order valence-corrected chi connectivity index (χ4v) is 14.0. The Kier molecular flexibility index (Phi) is 70.8. The van der Waals surface area contributed by atoms with E-state index in [9.17, 15) is 30.3 Å². The number of carbonyl (C=O) groups excluding carboxylic acids is 1. The number of ether oxygens (including phenoxy) is 2. The fraction of sp³-hybridized carbons (Fsp3) is 0.940. The van der Waals surface area contributed by atoms with Crippen molar-refractivity contribution in [3.63, 3.8) is 0 Å². The molecule has 1 heterocycles. The van der Waals surface area contributed by atoms with Gasteiger partial charge in [-0.25, -0.2) is 0 Å². The summed E-state index contributed by atoms with van der Waals surface area (Å²) in [6, 6.07) is -0.821. The van der Waals surface area contributed by atoms with E-state index >= 15 is 0 Å². The van der Waals surface area contributed by atoms with Gasteiger partial charge in [0.15, 0.2) is 6.29 Å². The number of hydrogen-bond donors (Lipinski definition) is 6. The van der Waals surface area contributed by atoms with Crippen LogP contribution < -0.4 is 5.32 Å². The number of aliphatic hydroxyl groups excluding tert-OH is 5. The van der Waals surface area contributed by atoms with Crippen LogP contribution in [0, 0.1) is 0 Å². The van der Waals surface area contributed by atoms with Crippen molar-refractivity contribution in [1.29, 1.82) is 0 Å². The highest BCUT2D eigenvalue weighted by molar-refractivity contribution is 5.76. The van der Waals surface area contributed by atoms with Crippen LogP contribution in [0.1, 0.15) is 450 Å². The van der Waals surface area contributed by atoms with E-state index in [0.29, 0.717) is 6.42 Å². The third-order valence-electron chi connectivity index (χ3n) is 20.5. The average Bonchev–Trinajstić information content (AvgIpc) is 0.961. The van der Waals surface area contributed by atoms with E-state index in [1.54, 1.807) is 6.08 Å². The number of carbonyl (C=O) groups is 1. The zero-order valence-electron chi connectivity index (χ0n) is 62.3. The zero-order valence-corrected chi connectivity index (χ0v) is 62.3. The topological polar surface area (TPSA) is 149 Å². The van der Waals surface area contributed by atoms with Crippen LogP contribution in [0.3, 0.4) is 0 Å². The van der Waals surface area contributed by atoms with E-state index in [2.05, 4.69) is 31.3 Å². The molecule has 0 saturated carbocycles. The van der Waals surface area contributed by atoms with Crippen LogP contribution in [-0.4, -0.2) is 87.5 Å². The number of amides is 1. The number of allylic oxidation sites excluding steroid dienone is 3. The number of nitrogens with one attached hydrogen (secondary N) is 1. The van der Waals surface area contributed by atoms with Crippen LogP contribution in [-0.2, 0) is 14.3 Å². The molecule has 0 radical (unpaired) electrons. The van der Waals surface area contributed by atoms with Crippen LogP contribution >= 0.6 is 0 Å². The zero-order chi connectivity index (χ0) is 67.1. The normalized spacial score (nSPS) is 17.6. The number of hydrogen-bond acceptors (Lipinski definition) is 8. The first-order chi connectivity index (χ1) is 45.8. The van der Waals surface area contributed by atoms with Crippen molar-refractivity contribution in [3.8, 4) is 0 Å². The predicted octanol–water partition coefficient (Wildman–Crippen LogP) is 24.3. The molecule has 1 aliphatic heterocycles. The second-order valence-electron chi connectivity index (χ2n) is 29.6. The van der Waals surface area contributed by atoms with Gasteiger partial charge >= 0.3 is 0 Å². The molecule has 93 heavy (non-hydrogen) atoms. The summed E-state index contributed by atoms with van der Waals surface area (Å²) in [5, 5.41) is 54.9. The SMILES string of the molecule is CCCCCCCCCCCCCCCCCCCCCCCCC/C=C/CC/C=C/C(O)C(COC1OC(CO)C(O)C(O)C1O)NC(=O)CCCCCCCCCCCCCCCCCCCCCCCCCCCCCCCCCCCCCCCCCCC. The third-order valence-corrected chi connectivity index (χ3v) is 20.5. The molecule has 0 aromatic heterocycles. The van der Waals surface area contributed by atoms with Gasteiger partial charge in [-0.05, 0) is 32.1 Å². The van der Waals surface area contributed by atoms with E-state index in [4.69, 9.17) is 9.47 Å². The molecule has 0 aliphatic carbocycles. The molecule has 0 aromatic rings. The lowest BCUT2D eigenvalue weighted by molar-refractivity contribution is -0.302. The maximum atomic E-state index is 13.2. The standard InChI is InChI=1S/C84H163NO8/c1-3-5-7-9-11-13-15-17-19-21-23-25-27-29-31-33-34-35-36-37-38-39-40-41-42-43-44-46-48-50-52-54-56-58-60-62-64-66-68-70-72-74-80(88)85-77(76-92-84-83(91)82(90)81(89)79(75-86)93-84)78(87)73-71-69-67-65-63-61-59-57-55-53-51-49-47-45-32-30-28-26-24-22-20-18-16-14-12-10-8-6-4-2/h63,65,71,73,77-79,81-84,86-87,89-91H,3-62,64,66-70,72,74-76H2,1-2H3,(H,85,88)/b65-63+,73-71+. The maximum Gasteiger partial charge on any atom is 0.220 e. The highest BCUT2D eigenvalue weighted by Gasteiger charge is 2.44. The molecule has 0 aromatic carbocycles. The molecule has 1 saturated heterocycles. The summed E-state index contributed by atoms with van der Waals surface area (Å²) in [5.74, 6) is -0.176. The van der Waals surface area contributed by atoms with Gasteiger partial charge in [-0.3, -0.25) is 4.79 Å². The van der Waals surface area contributed by atoms with Crippen LogP contribution in [0.5, 0.6) is 0 Å². The van der Waals surface area contributed by atoms with Crippen molar-refractivity contribution in [1.82, 2.24) is 5.32 Å². The summed E-state index contributed by atoms with van der Waals surface area (Å²) in [6.07, 6.45) is 92.2. The summed E-state index contributed by atoms with van der Waals surface area (Å²) < 4.78 is 11.3. The lowest BCUT2D eigenvalue weighted by Crippen LogP contribution is -2.60. The highest BCUT2D eigenvalue weighted by Crippen LogP contribution is 2.24. The molecular weight excluding hydrogens is 1150 g/mol. The smallest absolute Gasteiger partial charge is 0.220 e. The number of rotatable bonds is 76. The van der Waals surface area contributed by atoms with Crippen molar-refractivity contribution in [2.24, 2.45) is 0 Å². The quantitative estimate of drug-likeness (QED) is 0.0261. The molecule has 1 fully saturated rings. The van der Waals surface area contributed by atoms with Crippen molar-refractivity contribution < 1.29 is 39.8 Å². The predicted molar refractivity (Wildman–Crippen MR) is 401 cm³/mol. The molecule has 1 rings (SSSR count). The van der Waals surface area contributed by atoms with Crippen molar-refractivity contribution >= 4 is 5.91 Å². The molecule has 1 amide bonds. The van der Waals surface area contributed by atoms with Gasteiger partial charge in [-0.2, -0.15) is 0 Å². The van der Waals surface area contributed by atoms with E-state index < -0.39 is 49.5 Å². The first-order valence-corrected chi connectivity index (χ1v) is 42.1. The Bertz CT molecular complexity index is 1530. The second-order valence-corrected chi connectivity index (χ2v) is 29.6. The van der Waals surface area contributed by atoms with Gasteiger partial charge in [-0.1, -0.05) is 436 Å². The van der Waals surface area contributed by atoms with E-state index in [1.807, 2.05) is 6.08 Å². The summed E-state index contributed by atoms with van der Waals surface area (Å²) in [4.78, 5) is 13.2. The Hall–Kier alpha value is -1.33. The second kappa shape index (κ2) is 73.4. The summed E-state index contributed by atoms with van der Waals surface area (Å²) in [7, 11) is 0. The Balaban J connectivity index is 2.03. The average molecular weight is 1320 g/mol. The van der Waals surface area contributed by atoms with E-state index in [1.165, 1.54) is 392 Å². The Morgan fingerprint density at radius 3 is 0.903 bits per heavy atom. The monoisotopic (exact) mass is 1310 g/mol. The number of unbranched alkanes of at least 4 members (excludes halogenated alkanes) is 64. The highest BCUT2D eigenvalue weighted by atomic mass is 16.7. The lowest BCUT2D eigenvalue weighted by Gasteiger charge is -2.40. The van der Waals surface area contributed by atoms with Gasteiger partial charge in [0.1, 0.15) is 24.4 Å². The molecule has 7 atom stereocenters. The summed E-state index contributed by atoms with van der Waals surface area (Å²) >= 11 is 0. The van der Waals surface area contributed by atoms with Gasteiger partial charge in [0.25, 0.3) is 0 Å². The lowest BCUT2D eigenvalue weighted by atomic mass is 9.99. The van der Waals surface area contributed by atoms with Gasteiger partial charge in [0.05, 0.1) is 25.4 Å². The Labute approximate surface area is 579 Å². The molecule has 9 nitrogen and oxygen atoms in total. The molecule has 552 valence electrons. The van der Waals surface area contributed by atoms with Gasteiger partial charge < -0.3 is 40.3 Å². The van der Waals surface area contributed by atoms with Crippen molar-refractivity contribution in [2.45, 2.75) is 493 Å². The maximum absolute atomic E-state index is 13.2. The summed E-state index contributed by atoms with van der Waals surface area (Å²) in [5.41, 5.74) is 0. The molecule has 6 N–H and O–H groups in total. The molecule has 1 aliphatic rings. The van der Waals surface area contributed by atoms with Crippen LogP contribution in [0.2, 0.25) is 0 Å². The van der Waals surface area contributed by atoms with Crippen molar-refractivity contribution in [3.05, 3.63) is 24.3 Å². The summed E-state index contributed by atoms with van der Waals surface area (Å²) in [6.45, 7) is 3.84. The molecular formula is C84H163NO8. The van der Waals surface area contributed by atoms with E-state index in [0.717, 1.165) is 38.5 Å². The number of aliphatic hydroxyl groups is 5. The molecule has 9 heteroatoms. The first kappa shape index (κ1) is 89.7. The minimum atomic E-state index is -1.57. The fourth-order valence-electron chi connectivity index (χ4n) is 14.0. The minimum Gasteiger partial charge on any atom is -0.394 e. The van der Waals surface area contributed by atoms with Gasteiger partial charge in [-0.15, -0.1) is 0 Å². The molecule has 7 unspecified atom stereocenters. The van der Waals surface area contributed by atoms with Crippen LogP contribution in [0.4, 0.5) is 0 Å². The molecule has 0 spiro atoms. The van der Waals surface area contributed by atoms with Gasteiger partial charge in [0, 0.05) is 6.42 Å². The first-order valence-electron chi connectivity index (χ1n) is 42.1. The van der Waals surface area contributed by atoms with Gasteiger partial charge in [0.2, 0.25) is 5.91 Å². The largest absolute Gasteiger partial charge is 0.394 e. The van der Waals surface area contributed by atoms with Crippen molar-refractivity contribution in [2.75, 3.05) is 13.2 Å². The minimum absolute atomic E-state index is 0.176.